The van der Waals surface area contributed by atoms with Crippen LogP contribution < -0.4 is 10.1 Å². The number of anilines is 1. The normalized spacial score (nSPS) is 21.2. The van der Waals surface area contributed by atoms with Crippen molar-refractivity contribution in [3.63, 3.8) is 0 Å². The Balaban J connectivity index is 2.06. The van der Waals surface area contributed by atoms with Crippen LogP contribution in [0.2, 0.25) is 0 Å². The molecule has 0 heterocycles. The van der Waals surface area contributed by atoms with Crippen molar-refractivity contribution in [2.45, 2.75) is 12.8 Å². The van der Waals surface area contributed by atoms with Gasteiger partial charge in [-0.15, -0.1) is 0 Å². The Kier molecular flexibility index (Phi) is 4.40. The highest BCUT2D eigenvalue weighted by Crippen LogP contribution is 2.27. The summed E-state index contributed by atoms with van der Waals surface area (Å²) in [6.07, 6.45) is 4.53. The third-order valence-electron chi connectivity index (χ3n) is 3.44. The number of allylic oxidation sites excluding steroid dienone is 2. The van der Waals surface area contributed by atoms with Gasteiger partial charge in [0.2, 0.25) is 5.91 Å². The summed E-state index contributed by atoms with van der Waals surface area (Å²) in [6, 6.07) is 6.94. The molecule has 1 amide bonds. The lowest BCUT2D eigenvalue weighted by Gasteiger charge is -2.24. The van der Waals surface area contributed by atoms with Gasteiger partial charge in [-0.2, -0.15) is 0 Å². The van der Waals surface area contributed by atoms with E-state index in [1.165, 1.54) is 0 Å². The van der Waals surface area contributed by atoms with Gasteiger partial charge in [0.25, 0.3) is 0 Å². The van der Waals surface area contributed by atoms with E-state index in [0.29, 0.717) is 24.3 Å². The van der Waals surface area contributed by atoms with Gasteiger partial charge in [-0.25, -0.2) is 0 Å². The molecule has 1 aliphatic carbocycles. The van der Waals surface area contributed by atoms with Gasteiger partial charge in [-0.1, -0.05) is 12.2 Å². The van der Waals surface area contributed by atoms with Crippen LogP contribution in [0.3, 0.4) is 0 Å². The van der Waals surface area contributed by atoms with Gasteiger partial charge in [0.05, 0.1) is 18.9 Å². The van der Waals surface area contributed by atoms with E-state index < -0.39 is 17.8 Å². The predicted molar refractivity (Wildman–Crippen MR) is 74.6 cm³/mol. The number of aliphatic carboxylic acids is 1. The second kappa shape index (κ2) is 6.23. The molecule has 0 aliphatic heterocycles. The molecule has 20 heavy (non-hydrogen) atoms. The number of methoxy groups -OCH3 is 1. The first-order valence-corrected chi connectivity index (χ1v) is 6.44. The molecule has 5 heteroatoms. The molecule has 1 aromatic carbocycles. The number of carbonyl (C=O) groups is 2. The Morgan fingerprint density at radius 2 is 1.75 bits per heavy atom. The van der Waals surface area contributed by atoms with Crippen LogP contribution in [0.4, 0.5) is 5.69 Å². The van der Waals surface area contributed by atoms with Gasteiger partial charge in [-0.05, 0) is 37.1 Å². The lowest BCUT2D eigenvalue weighted by atomic mass is 9.82. The van der Waals surface area contributed by atoms with E-state index in [1.807, 2.05) is 12.2 Å². The highest BCUT2D eigenvalue weighted by Gasteiger charge is 2.33. The van der Waals surface area contributed by atoms with Gasteiger partial charge < -0.3 is 15.2 Å². The Hall–Kier alpha value is -2.30. The fourth-order valence-electron chi connectivity index (χ4n) is 2.29. The third kappa shape index (κ3) is 3.17. The summed E-state index contributed by atoms with van der Waals surface area (Å²) in [5.74, 6) is -1.67. The van der Waals surface area contributed by atoms with E-state index in [9.17, 15) is 9.59 Å². The minimum absolute atomic E-state index is 0.257. The third-order valence-corrected chi connectivity index (χ3v) is 3.44. The first-order valence-electron chi connectivity index (χ1n) is 6.44. The van der Waals surface area contributed by atoms with Crippen molar-refractivity contribution < 1.29 is 19.4 Å². The summed E-state index contributed by atoms with van der Waals surface area (Å²) in [7, 11) is 1.57. The van der Waals surface area contributed by atoms with Crippen LogP contribution in [0.15, 0.2) is 36.4 Å². The van der Waals surface area contributed by atoms with Gasteiger partial charge in [0, 0.05) is 5.69 Å². The number of hydrogen-bond acceptors (Lipinski definition) is 3. The maximum atomic E-state index is 12.2. The highest BCUT2D eigenvalue weighted by molar-refractivity contribution is 5.95. The second-order valence-corrected chi connectivity index (χ2v) is 4.71. The van der Waals surface area contributed by atoms with Crippen molar-refractivity contribution in [3.05, 3.63) is 36.4 Å². The molecular weight excluding hydrogens is 258 g/mol. The van der Waals surface area contributed by atoms with Crippen LogP contribution in [-0.2, 0) is 9.59 Å². The lowest BCUT2D eigenvalue weighted by molar-refractivity contribution is -0.146. The molecule has 0 unspecified atom stereocenters. The zero-order chi connectivity index (χ0) is 14.5. The number of rotatable bonds is 4. The van der Waals surface area contributed by atoms with E-state index in [2.05, 4.69) is 5.32 Å². The molecule has 106 valence electrons. The van der Waals surface area contributed by atoms with Crippen LogP contribution >= 0.6 is 0 Å². The fraction of sp³-hybridized carbons (Fsp3) is 0.333. The molecule has 5 nitrogen and oxygen atoms in total. The van der Waals surface area contributed by atoms with Gasteiger partial charge in [0.1, 0.15) is 5.75 Å². The molecular formula is C15H17NO4. The predicted octanol–water partition coefficient (Wildman–Crippen LogP) is 2.30. The average Bonchev–Trinajstić information content (AvgIpc) is 2.48. The summed E-state index contributed by atoms with van der Waals surface area (Å²) in [5.41, 5.74) is 0.634. The van der Waals surface area contributed by atoms with E-state index in [-0.39, 0.29) is 5.91 Å². The second-order valence-electron chi connectivity index (χ2n) is 4.71. The Morgan fingerprint density at radius 1 is 1.15 bits per heavy atom. The molecule has 0 saturated heterocycles. The van der Waals surface area contributed by atoms with Crippen LogP contribution in [-0.4, -0.2) is 24.1 Å². The number of carbonyl (C=O) groups excluding carboxylic acids is 1. The van der Waals surface area contributed by atoms with Crippen molar-refractivity contribution in [2.24, 2.45) is 11.8 Å². The van der Waals surface area contributed by atoms with Crippen molar-refractivity contribution in [1.82, 2.24) is 0 Å². The van der Waals surface area contributed by atoms with Crippen LogP contribution in [0, 0.1) is 11.8 Å². The standard InChI is InChI=1S/C15H17NO4/c1-20-11-8-6-10(7-9-11)16-14(17)12-4-2-3-5-13(12)15(18)19/h2-3,6-9,12-13H,4-5H2,1H3,(H,16,17)(H,18,19)/t12-,13+/m1/s1. The number of amides is 1. The van der Waals surface area contributed by atoms with Gasteiger partial charge >= 0.3 is 5.97 Å². The van der Waals surface area contributed by atoms with Crippen molar-refractivity contribution >= 4 is 17.6 Å². The van der Waals surface area contributed by atoms with Crippen molar-refractivity contribution in [2.75, 3.05) is 12.4 Å². The molecule has 0 radical (unpaired) electrons. The molecule has 1 aromatic rings. The number of benzene rings is 1. The summed E-state index contributed by atoms with van der Waals surface area (Å²) in [6.45, 7) is 0. The summed E-state index contributed by atoms with van der Waals surface area (Å²) < 4.78 is 5.04. The maximum Gasteiger partial charge on any atom is 0.307 e. The highest BCUT2D eigenvalue weighted by atomic mass is 16.5. The summed E-state index contributed by atoms with van der Waals surface area (Å²) in [4.78, 5) is 23.4. The number of ether oxygens (including phenoxy) is 1. The number of nitrogens with one attached hydrogen (secondary N) is 1. The average molecular weight is 275 g/mol. The quantitative estimate of drug-likeness (QED) is 0.827. The summed E-state index contributed by atoms with van der Waals surface area (Å²) in [5, 5.41) is 11.9. The Labute approximate surface area is 117 Å². The first kappa shape index (κ1) is 14.1. The number of carboxylic acid groups (broad SMARTS) is 1. The maximum absolute atomic E-state index is 12.2. The molecule has 0 aromatic heterocycles. The molecule has 0 bridgehead atoms. The van der Waals surface area contributed by atoms with Crippen LogP contribution in [0.25, 0.3) is 0 Å². The minimum atomic E-state index is -0.927. The van der Waals surface area contributed by atoms with Crippen molar-refractivity contribution in [3.8, 4) is 5.75 Å². The molecule has 2 N–H and O–H groups in total. The van der Waals surface area contributed by atoms with Crippen LogP contribution in [0.5, 0.6) is 5.75 Å². The van der Waals surface area contributed by atoms with E-state index in [4.69, 9.17) is 9.84 Å². The topological polar surface area (TPSA) is 75.6 Å². The lowest BCUT2D eigenvalue weighted by Crippen LogP contribution is -2.34. The smallest absolute Gasteiger partial charge is 0.307 e. The molecule has 0 fully saturated rings. The largest absolute Gasteiger partial charge is 0.497 e. The Bertz CT molecular complexity index is 521. The monoisotopic (exact) mass is 275 g/mol. The van der Waals surface area contributed by atoms with E-state index in [0.717, 1.165) is 0 Å². The molecule has 2 rings (SSSR count). The number of carboxylic acids is 1. The first-order chi connectivity index (χ1) is 9.61. The zero-order valence-corrected chi connectivity index (χ0v) is 11.2. The number of hydrogen-bond donors (Lipinski definition) is 2. The van der Waals surface area contributed by atoms with Gasteiger partial charge in [0.15, 0.2) is 0 Å². The fourth-order valence-corrected chi connectivity index (χ4v) is 2.29. The minimum Gasteiger partial charge on any atom is -0.497 e. The zero-order valence-electron chi connectivity index (χ0n) is 11.2. The van der Waals surface area contributed by atoms with Crippen LogP contribution in [0.1, 0.15) is 12.8 Å². The molecule has 1 aliphatic rings. The van der Waals surface area contributed by atoms with Crippen molar-refractivity contribution in [1.29, 1.82) is 0 Å². The van der Waals surface area contributed by atoms with Gasteiger partial charge in [-0.3, -0.25) is 9.59 Å². The molecule has 2 atom stereocenters. The summed E-state index contributed by atoms with van der Waals surface area (Å²) >= 11 is 0. The molecule has 0 spiro atoms. The van der Waals surface area contributed by atoms with E-state index in [1.54, 1.807) is 31.4 Å². The van der Waals surface area contributed by atoms with E-state index >= 15 is 0 Å². The SMILES string of the molecule is COc1ccc(NC(=O)[C@@H]2CC=CC[C@@H]2C(=O)O)cc1. The molecule has 0 saturated carbocycles. The Morgan fingerprint density at radius 3 is 2.30 bits per heavy atom.